The maximum atomic E-state index is 12.1. The van der Waals surface area contributed by atoms with Gasteiger partial charge in [0.15, 0.2) is 5.82 Å². The summed E-state index contributed by atoms with van der Waals surface area (Å²) < 4.78 is 5.33. The summed E-state index contributed by atoms with van der Waals surface area (Å²) in [7, 11) is 0. The Kier molecular flexibility index (Phi) is 3.89. The number of rotatable bonds is 3. The summed E-state index contributed by atoms with van der Waals surface area (Å²) in [6.07, 6.45) is 1.55. The molecule has 0 spiro atoms. The third kappa shape index (κ3) is 3.14. The van der Waals surface area contributed by atoms with Gasteiger partial charge in [-0.1, -0.05) is 19.0 Å². The predicted octanol–water partition coefficient (Wildman–Crippen LogP) is 2.31. The van der Waals surface area contributed by atoms with E-state index in [1.807, 2.05) is 13.8 Å². The van der Waals surface area contributed by atoms with Crippen LogP contribution in [-0.4, -0.2) is 26.0 Å². The molecular weight excluding hydrogens is 314 g/mol. The lowest BCUT2D eigenvalue weighted by molar-refractivity contribution is 0.101. The van der Waals surface area contributed by atoms with Crippen molar-refractivity contribution in [2.24, 2.45) is 0 Å². The average Bonchev–Trinajstić information content (AvgIpc) is 2.74. The van der Waals surface area contributed by atoms with Gasteiger partial charge in [0, 0.05) is 12.1 Å². The first kappa shape index (κ1) is 13.6. The average molecular weight is 326 g/mol. The normalized spacial score (nSPS) is 10.8. The molecule has 0 saturated heterocycles. The van der Waals surface area contributed by atoms with Crippen molar-refractivity contribution in [2.75, 3.05) is 5.32 Å². The van der Waals surface area contributed by atoms with Gasteiger partial charge in [0.05, 0.1) is 4.47 Å². The molecule has 100 valence electrons. The number of nitrogens with one attached hydrogen (secondary N) is 1. The first-order chi connectivity index (χ1) is 8.97. The minimum Gasteiger partial charge on any atom is -0.315 e. The Balaban J connectivity index is 2.25. The van der Waals surface area contributed by atoms with Crippen LogP contribution in [0.2, 0.25) is 0 Å². The highest BCUT2D eigenvalue weighted by molar-refractivity contribution is 9.10. The number of nitrogens with zero attached hydrogens (tertiary/aromatic N) is 4. The zero-order chi connectivity index (χ0) is 14.0. The first-order valence-corrected chi connectivity index (χ1v) is 6.40. The summed E-state index contributed by atoms with van der Waals surface area (Å²) >= 11 is 3.25. The van der Waals surface area contributed by atoms with Gasteiger partial charge in [0.25, 0.3) is 5.91 Å². The fourth-order valence-corrected chi connectivity index (χ4v) is 1.69. The van der Waals surface area contributed by atoms with E-state index in [2.05, 4.69) is 41.4 Å². The number of amides is 1. The summed E-state index contributed by atoms with van der Waals surface area (Å²) in [5, 5.41) is 6.07. The minimum absolute atomic E-state index is 0.0408. The van der Waals surface area contributed by atoms with E-state index < -0.39 is 5.91 Å². The standard InChI is InChI=1S/C11H12BrN5O2/c1-5(2)9-13-4-7(12)8(15-9)10(18)16-11-14-6(3)17-19-11/h4-5H,1-3H3,(H,14,16,17,18). The number of aryl methyl sites for hydroxylation is 1. The molecular formula is C11H12BrN5O2. The van der Waals surface area contributed by atoms with Crippen molar-refractivity contribution in [1.29, 1.82) is 0 Å². The van der Waals surface area contributed by atoms with Crippen LogP contribution in [0.1, 0.15) is 41.9 Å². The second-order valence-electron chi connectivity index (χ2n) is 4.18. The number of halogens is 1. The molecule has 2 heterocycles. The summed E-state index contributed by atoms with van der Waals surface area (Å²) in [6.45, 7) is 5.56. The van der Waals surface area contributed by atoms with Crippen molar-refractivity contribution < 1.29 is 9.32 Å². The summed E-state index contributed by atoms with van der Waals surface area (Å²) in [5.41, 5.74) is 0.231. The summed E-state index contributed by atoms with van der Waals surface area (Å²) in [4.78, 5) is 24.3. The number of carbonyl (C=O) groups excluding carboxylic acids is 1. The molecule has 1 amide bonds. The molecule has 1 N–H and O–H groups in total. The van der Waals surface area contributed by atoms with Crippen molar-refractivity contribution in [3.8, 4) is 0 Å². The largest absolute Gasteiger partial charge is 0.328 e. The van der Waals surface area contributed by atoms with Crippen molar-refractivity contribution in [3.63, 3.8) is 0 Å². The van der Waals surface area contributed by atoms with Crippen LogP contribution in [0.3, 0.4) is 0 Å². The van der Waals surface area contributed by atoms with Crippen LogP contribution < -0.4 is 5.32 Å². The highest BCUT2D eigenvalue weighted by Gasteiger charge is 2.17. The van der Waals surface area contributed by atoms with Crippen molar-refractivity contribution in [1.82, 2.24) is 20.1 Å². The van der Waals surface area contributed by atoms with Crippen LogP contribution in [0.25, 0.3) is 0 Å². The van der Waals surface area contributed by atoms with E-state index in [1.54, 1.807) is 13.1 Å². The molecule has 2 aromatic heterocycles. The summed E-state index contributed by atoms with van der Waals surface area (Å²) in [6, 6.07) is 0.0408. The van der Waals surface area contributed by atoms with Crippen LogP contribution in [0.5, 0.6) is 0 Å². The zero-order valence-corrected chi connectivity index (χ0v) is 12.2. The second-order valence-corrected chi connectivity index (χ2v) is 5.03. The molecule has 0 saturated carbocycles. The lowest BCUT2D eigenvalue weighted by Crippen LogP contribution is -2.16. The third-order valence-electron chi connectivity index (χ3n) is 2.24. The van der Waals surface area contributed by atoms with Crippen LogP contribution in [0.15, 0.2) is 15.2 Å². The van der Waals surface area contributed by atoms with Crippen molar-refractivity contribution in [2.45, 2.75) is 26.7 Å². The number of hydrogen-bond donors (Lipinski definition) is 1. The van der Waals surface area contributed by atoms with Crippen molar-refractivity contribution >= 4 is 27.9 Å². The lowest BCUT2D eigenvalue weighted by atomic mass is 10.2. The fourth-order valence-electron chi connectivity index (χ4n) is 1.32. The Hall–Kier alpha value is -1.83. The predicted molar refractivity (Wildman–Crippen MR) is 70.8 cm³/mol. The number of aromatic nitrogens is 4. The van der Waals surface area contributed by atoms with Gasteiger partial charge in [-0.2, -0.15) is 4.98 Å². The molecule has 0 fully saturated rings. The van der Waals surface area contributed by atoms with Crippen LogP contribution in [0.4, 0.5) is 6.01 Å². The fraction of sp³-hybridized carbons (Fsp3) is 0.364. The topological polar surface area (TPSA) is 93.8 Å². The van der Waals surface area contributed by atoms with Gasteiger partial charge in [-0.25, -0.2) is 9.97 Å². The molecule has 0 atom stereocenters. The molecule has 0 bridgehead atoms. The molecule has 8 heteroatoms. The number of anilines is 1. The molecule has 19 heavy (non-hydrogen) atoms. The van der Waals surface area contributed by atoms with Crippen molar-refractivity contribution in [3.05, 3.63) is 28.0 Å². The quantitative estimate of drug-likeness (QED) is 0.930. The second kappa shape index (κ2) is 5.43. The van der Waals surface area contributed by atoms with Gasteiger partial charge in [-0.15, -0.1) is 0 Å². The maximum absolute atomic E-state index is 12.1. The van der Waals surface area contributed by atoms with Gasteiger partial charge < -0.3 is 4.52 Å². The molecule has 0 aliphatic heterocycles. The molecule has 2 rings (SSSR count). The molecule has 0 radical (unpaired) electrons. The third-order valence-corrected chi connectivity index (χ3v) is 2.82. The number of hydrogen-bond acceptors (Lipinski definition) is 6. The van der Waals surface area contributed by atoms with Crippen LogP contribution >= 0.6 is 15.9 Å². The molecule has 0 aliphatic carbocycles. The monoisotopic (exact) mass is 325 g/mol. The smallest absolute Gasteiger partial charge is 0.315 e. The molecule has 0 aliphatic rings. The van der Waals surface area contributed by atoms with E-state index in [0.717, 1.165) is 0 Å². The Labute approximate surface area is 118 Å². The Morgan fingerprint density at radius 3 is 2.74 bits per heavy atom. The van der Waals surface area contributed by atoms with E-state index in [-0.39, 0.29) is 17.6 Å². The summed E-state index contributed by atoms with van der Waals surface area (Å²) in [5.74, 6) is 0.736. The molecule has 0 unspecified atom stereocenters. The van der Waals surface area contributed by atoms with E-state index in [4.69, 9.17) is 4.52 Å². The van der Waals surface area contributed by atoms with E-state index in [0.29, 0.717) is 16.1 Å². The van der Waals surface area contributed by atoms with Gasteiger partial charge >= 0.3 is 6.01 Å². The first-order valence-electron chi connectivity index (χ1n) is 5.61. The number of carbonyl (C=O) groups is 1. The Morgan fingerprint density at radius 2 is 2.16 bits per heavy atom. The van der Waals surface area contributed by atoms with Crippen LogP contribution in [0, 0.1) is 6.92 Å². The van der Waals surface area contributed by atoms with Gasteiger partial charge in [0.1, 0.15) is 11.5 Å². The Morgan fingerprint density at radius 1 is 1.42 bits per heavy atom. The minimum atomic E-state index is -0.431. The molecule has 0 aromatic carbocycles. The Bertz CT molecular complexity index is 611. The highest BCUT2D eigenvalue weighted by Crippen LogP contribution is 2.18. The van der Waals surface area contributed by atoms with E-state index in [9.17, 15) is 4.79 Å². The SMILES string of the molecule is Cc1noc(NC(=O)c2nc(C(C)C)ncc2Br)n1. The zero-order valence-electron chi connectivity index (χ0n) is 10.6. The van der Waals surface area contributed by atoms with Gasteiger partial charge in [-0.3, -0.25) is 10.1 Å². The lowest BCUT2D eigenvalue weighted by Gasteiger charge is -2.07. The highest BCUT2D eigenvalue weighted by atomic mass is 79.9. The van der Waals surface area contributed by atoms with Gasteiger partial charge in [-0.05, 0) is 22.9 Å². The van der Waals surface area contributed by atoms with Crippen LogP contribution in [-0.2, 0) is 0 Å². The van der Waals surface area contributed by atoms with E-state index >= 15 is 0 Å². The van der Waals surface area contributed by atoms with Gasteiger partial charge in [0.2, 0.25) is 0 Å². The maximum Gasteiger partial charge on any atom is 0.328 e. The molecule has 7 nitrogen and oxygen atoms in total. The molecule has 2 aromatic rings. The van der Waals surface area contributed by atoms with E-state index in [1.165, 1.54) is 0 Å².